The van der Waals surface area contributed by atoms with Crippen LogP contribution < -0.4 is 20.1 Å². The van der Waals surface area contributed by atoms with E-state index in [0.29, 0.717) is 61.2 Å². The number of hydrogen-bond acceptors (Lipinski definition) is 6. The Morgan fingerprint density at radius 2 is 0.792 bits per heavy atom. The highest BCUT2D eigenvalue weighted by Crippen LogP contribution is 2.28. The summed E-state index contributed by atoms with van der Waals surface area (Å²) < 4.78 is 39.4. The number of likely N-dealkylation sites (N-methyl/N-ethyl adjacent to an activating group) is 2. The van der Waals surface area contributed by atoms with Gasteiger partial charge in [0.2, 0.25) is 11.8 Å². The zero-order valence-corrected chi connectivity index (χ0v) is 41.1. The Bertz CT molecular complexity index is 2610. The summed E-state index contributed by atoms with van der Waals surface area (Å²) in [5.41, 5.74) is 4.29. The molecule has 0 spiro atoms. The largest absolute Gasteiger partial charge is 0.490 e. The smallest absolute Gasteiger partial charge is 0.258 e. The molecule has 2 aliphatic rings. The molecule has 0 saturated heterocycles. The third-order valence-electron chi connectivity index (χ3n) is 12.8. The van der Waals surface area contributed by atoms with Crippen LogP contribution in [-0.2, 0) is 22.4 Å². The van der Waals surface area contributed by atoms with Gasteiger partial charge >= 0.3 is 0 Å². The van der Waals surface area contributed by atoms with Gasteiger partial charge in [0.15, 0.2) is 0 Å². The van der Waals surface area contributed by atoms with E-state index in [1.165, 1.54) is 34.1 Å². The van der Waals surface area contributed by atoms with E-state index >= 15 is 0 Å². The lowest BCUT2D eigenvalue weighted by molar-refractivity contribution is -0.126. The highest BCUT2D eigenvalue weighted by molar-refractivity contribution is 6.00. The van der Waals surface area contributed by atoms with Crippen LogP contribution >= 0.6 is 0 Å². The van der Waals surface area contributed by atoms with Crippen molar-refractivity contribution in [1.29, 1.82) is 0 Å². The third-order valence-corrected chi connectivity index (χ3v) is 12.8. The minimum absolute atomic E-state index is 0.151. The first-order chi connectivity index (χ1) is 34.8. The molecule has 0 fully saturated rings. The Hall–Kier alpha value is -7.86. The van der Waals surface area contributed by atoms with E-state index in [1.807, 2.05) is 111 Å². The average molecular weight is 973 g/mol. The first kappa shape index (κ1) is 52.0. The van der Waals surface area contributed by atoms with Crippen molar-refractivity contribution >= 4 is 23.6 Å². The van der Waals surface area contributed by atoms with Crippen LogP contribution in [0.5, 0.6) is 11.5 Å². The highest BCUT2D eigenvalue weighted by Gasteiger charge is 2.33. The van der Waals surface area contributed by atoms with Crippen molar-refractivity contribution < 1.29 is 37.4 Å². The van der Waals surface area contributed by atoms with Gasteiger partial charge < -0.3 is 29.9 Å². The molecule has 0 radical (unpaired) electrons. The van der Waals surface area contributed by atoms with Gasteiger partial charge in [-0.05, 0) is 97.5 Å². The number of benzene rings is 6. The van der Waals surface area contributed by atoms with Crippen LogP contribution in [0.4, 0.5) is 8.78 Å². The first-order valence-corrected chi connectivity index (χ1v) is 24.4. The number of para-hydroxylation sites is 2. The molecule has 0 unspecified atom stereocenters. The van der Waals surface area contributed by atoms with Crippen molar-refractivity contribution in [2.75, 3.05) is 14.1 Å². The minimum atomic E-state index is -0.764. The quantitative estimate of drug-likeness (QED) is 0.161. The van der Waals surface area contributed by atoms with Crippen molar-refractivity contribution in [3.8, 4) is 11.5 Å². The second-order valence-corrected chi connectivity index (χ2v) is 18.2. The molecule has 12 heteroatoms. The Labute approximate surface area is 421 Å². The predicted octanol–water partition coefficient (Wildman–Crippen LogP) is 11.0. The molecule has 0 saturated carbocycles. The second kappa shape index (κ2) is 25.3. The molecule has 6 atom stereocenters. The maximum Gasteiger partial charge on any atom is 0.258 e. The molecular weight excluding hydrogens is 911 g/mol. The van der Waals surface area contributed by atoms with Gasteiger partial charge in [0.1, 0.15) is 35.2 Å². The highest BCUT2D eigenvalue weighted by atomic mass is 19.1. The number of carbonyl (C=O) groups is 4. The van der Waals surface area contributed by atoms with Crippen molar-refractivity contribution in [3.63, 3.8) is 0 Å². The van der Waals surface area contributed by atoms with Gasteiger partial charge in [-0.15, -0.1) is 0 Å². The van der Waals surface area contributed by atoms with Crippen molar-refractivity contribution in [3.05, 3.63) is 227 Å². The average Bonchev–Trinajstić information content (AvgIpc) is 3.39. The maximum atomic E-state index is 13.7. The summed E-state index contributed by atoms with van der Waals surface area (Å²) >= 11 is 0. The van der Waals surface area contributed by atoms with Gasteiger partial charge in [0, 0.05) is 39.8 Å². The number of carbonyl (C=O) groups excluding carboxylic acids is 4. The monoisotopic (exact) mass is 972 g/mol. The molecule has 2 heterocycles. The maximum absolute atomic E-state index is 13.7. The van der Waals surface area contributed by atoms with Crippen LogP contribution in [0.3, 0.4) is 0 Å². The van der Waals surface area contributed by atoms with E-state index in [2.05, 4.69) is 10.6 Å². The number of halogens is 2. The number of amides is 4. The Balaban J connectivity index is 0.000000211. The SMILES string of the molecule is C[C@@H]1C/C=C/C[C@H](c2ccc(F)cc2)NC(=O)[C@H](Cc2ccccc2)N(C)C(=O)c2ccccc2O1.C[C@@H]1C/C=C\C[C@H](c2ccc(F)cc2)NC(=O)[C@H](Cc2ccccc2)N(C)C(=O)c2ccccc2O1. The number of hydrogen-bond donors (Lipinski definition) is 2. The summed E-state index contributed by atoms with van der Waals surface area (Å²) in [6.07, 6.45) is 10.8. The number of ether oxygens (including phenoxy) is 2. The van der Waals surface area contributed by atoms with Crippen LogP contribution in [0, 0.1) is 11.6 Å². The van der Waals surface area contributed by atoms with Gasteiger partial charge in [-0.3, -0.25) is 19.2 Å². The normalized spacial score (nSPS) is 22.1. The zero-order valence-electron chi connectivity index (χ0n) is 41.1. The van der Waals surface area contributed by atoms with Crippen LogP contribution in [0.15, 0.2) is 182 Å². The van der Waals surface area contributed by atoms with E-state index in [4.69, 9.17) is 9.47 Å². The van der Waals surface area contributed by atoms with Gasteiger partial charge in [0.05, 0.1) is 35.4 Å². The van der Waals surface area contributed by atoms with Crippen LogP contribution in [0.25, 0.3) is 0 Å². The lowest BCUT2D eigenvalue weighted by Gasteiger charge is -2.30. The van der Waals surface area contributed by atoms with Gasteiger partial charge in [0.25, 0.3) is 11.8 Å². The first-order valence-electron chi connectivity index (χ1n) is 24.4. The Morgan fingerprint density at radius 3 is 1.17 bits per heavy atom. The molecule has 6 aromatic carbocycles. The van der Waals surface area contributed by atoms with Crippen LogP contribution in [0.1, 0.15) is 94.6 Å². The topological polar surface area (TPSA) is 117 Å². The zero-order chi connectivity index (χ0) is 51.0. The summed E-state index contributed by atoms with van der Waals surface area (Å²) in [4.78, 5) is 57.7. The van der Waals surface area contributed by atoms with Crippen LogP contribution in [0.2, 0.25) is 0 Å². The van der Waals surface area contributed by atoms with E-state index in [9.17, 15) is 28.0 Å². The number of nitrogens with zero attached hydrogens (tertiary/aromatic N) is 2. The minimum Gasteiger partial charge on any atom is -0.490 e. The van der Waals surface area contributed by atoms with E-state index in [1.54, 1.807) is 74.8 Å². The third kappa shape index (κ3) is 14.1. The predicted molar refractivity (Wildman–Crippen MR) is 276 cm³/mol. The Morgan fingerprint density at radius 1 is 0.458 bits per heavy atom. The van der Waals surface area contributed by atoms with E-state index in [-0.39, 0.29) is 59.6 Å². The fourth-order valence-electron chi connectivity index (χ4n) is 8.69. The Kier molecular flexibility index (Phi) is 18.3. The summed E-state index contributed by atoms with van der Waals surface area (Å²) in [6, 6.07) is 43.5. The standard InChI is InChI=1S/2C30H31FN2O3/c2*1-21-10-6-8-14-26(23-16-18-24(31)19-17-23)32-29(34)27(20-22-11-4-3-5-12-22)33(2)30(35)25-13-7-9-15-28(25)36-21/h2*3-9,11-13,15-19,21,26-27H,10,14,20H2,1-2H3,(H,32,34)/b8-6+;8-6-/t2*21-,26-,27+/m11/s1. The number of nitrogens with one attached hydrogen (secondary N) is 2. The summed E-state index contributed by atoms with van der Waals surface area (Å²) in [6.45, 7) is 3.91. The van der Waals surface area contributed by atoms with Gasteiger partial charge in [-0.25, -0.2) is 8.78 Å². The fraction of sp³-hybridized carbons (Fsp3) is 0.267. The molecule has 2 aliphatic heterocycles. The molecule has 10 nitrogen and oxygen atoms in total. The summed E-state index contributed by atoms with van der Waals surface area (Å²) in [5, 5.41) is 6.25. The molecule has 0 bridgehead atoms. The van der Waals surface area contributed by atoms with Crippen LogP contribution in [-0.4, -0.2) is 71.8 Å². The van der Waals surface area contributed by atoms with Crippen molar-refractivity contribution in [2.24, 2.45) is 0 Å². The van der Waals surface area contributed by atoms with Crippen molar-refractivity contribution in [2.45, 2.75) is 88.7 Å². The fourth-order valence-corrected chi connectivity index (χ4v) is 8.69. The molecule has 8 rings (SSSR count). The molecule has 6 aromatic rings. The molecule has 0 aromatic heterocycles. The lowest BCUT2D eigenvalue weighted by Crippen LogP contribution is -2.49. The summed E-state index contributed by atoms with van der Waals surface area (Å²) in [5.74, 6) is -0.815. The second-order valence-electron chi connectivity index (χ2n) is 18.2. The molecule has 72 heavy (non-hydrogen) atoms. The van der Waals surface area contributed by atoms with Gasteiger partial charge in [-0.1, -0.05) is 133 Å². The molecule has 0 aliphatic carbocycles. The van der Waals surface area contributed by atoms with Gasteiger partial charge in [-0.2, -0.15) is 0 Å². The molecule has 372 valence electrons. The number of fused-ring (bicyclic) bond motifs is 2. The van der Waals surface area contributed by atoms with Crippen molar-refractivity contribution in [1.82, 2.24) is 20.4 Å². The lowest BCUT2D eigenvalue weighted by atomic mass is 9.99. The molecular formula is C60H62F2N4O6. The summed E-state index contributed by atoms with van der Waals surface area (Å²) in [7, 11) is 3.29. The molecule has 2 N–H and O–H groups in total. The molecule has 4 amide bonds. The van der Waals surface area contributed by atoms with E-state index < -0.39 is 12.1 Å². The van der Waals surface area contributed by atoms with E-state index in [0.717, 1.165) is 22.3 Å². The number of rotatable bonds is 6.